The molecular weight excluding hydrogens is 288 g/mol. The molecule has 4 heteroatoms. The molecule has 1 atom stereocenters. The monoisotopic (exact) mass is 320 g/mol. The molecule has 0 saturated carbocycles. The minimum Gasteiger partial charge on any atom is -0.492 e. The quantitative estimate of drug-likeness (QED) is 0.722. The van der Waals surface area contributed by atoms with Gasteiger partial charge in [-0.1, -0.05) is 6.07 Å². The van der Waals surface area contributed by atoms with Crippen LogP contribution in [0.1, 0.15) is 30.9 Å². The summed E-state index contributed by atoms with van der Waals surface area (Å²) in [5, 5.41) is 12.9. The number of likely N-dealkylation sites (tertiary alicyclic amines) is 1. The number of rotatable bonds is 8. The Morgan fingerprint density at radius 3 is 2.48 bits per heavy atom. The van der Waals surface area contributed by atoms with Crippen molar-refractivity contribution in [2.45, 2.75) is 39.7 Å². The second kappa shape index (κ2) is 9.26. The SMILES string of the molecule is Cc1cc(C)cc(OCCNCC2CCN(CC(C)O)CC2)c1. The van der Waals surface area contributed by atoms with Crippen LogP contribution in [-0.2, 0) is 0 Å². The smallest absolute Gasteiger partial charge is 0.119 e. The summed E-state index contributed by atoms with van der Waals surface area (Å²) in [6, 6.07) is 6.34. The number of aliphatic hydroxyl groups is 1. The topological polar surface area (TPSA) is 44.7 Å². The Hall–Kier alpha value is -1.10. The fraction of sp³-hybridized carbons (Fsp3) is 0.684. The summed E-state index contributed by atoms with van der Waals surface area (Å²) in [6.45, 7) is 11.8. The largest absolute Gasteiger partial charge is 0.492 e. The van der Waals surface area contributed by atoms with Crippen LogP contribution in [0.25, 0.3) is 0 Å². The fourth-order valence-electron chi connectivity index (χ4n) is 3.31. The van der Waals surface area contributed by atoms with E-state index in [1.54, 1.807) is 0 Å². The van der Waals surface area contributed by atoms with Crippen LogP contribution in [-0.4, -0.2) is 55.4 Å². The van der Waals surface area contributed by atoms with Crippen molar-refractivity contribution in [3.63, 3.8) is 0 Å². The molecule has 0 aromatic heterocycles. The standard InChI is InChI=1S/C19H32N2O2/c1-15-10-16(2)12-19(11-15)23-9-6-20-13-18-4-7-21(8-5-18)14-17(3)22/h10-12,17-18,20,22H,4-9,13-14H2,1-3H3. The summed E-state index contributed by atoms with van der Waals surface area (Å²) in [5.41, 5.74) is 2.49. The van der Waals surface area contributed by atoms with E-state index < -0.39 is 0 Å². The molecule has 0 radical (unpaired) electrons. The lowest BCUT2D eigenvalue weighted by Crippen LogP contribution is -2.40. The molecule has 23 heavy (non-hydrogen) atoms. The summed E-state index contributed by atoms with van der Waals surface area (Å²) in [6.07, 6.45) is 2.22. The first-order valence-electron chi connectivity index (χ1n) is 8.85. The Kier molecular flexibility index (Phi) is 7.34. The lowest BCUT2D eigenvalue weighted by Gasteiger charge is -2.32. The van der Waals surface area contributed by atoms with E-state index in [0.717, 1.165) is 44.4 Å². The van der Waals surface area contributed by atoms with E-state index in [-0.39, 0.29) is 6.10 Å². The Labute approximate surface area is 140 Å². The summed E-state index contributed by atoms with van der Waals surface area (Å²) < 4.78 is 5.82. The van der Waals surface area contributed by atoms with Gasteiger partial charge in [0, 0.05) is 13.1 Å². The number of nitrogens with one attached hydrogen (secondary N) is 1. The van der Waals surface area contributed by atoms with Gasteiger partial charge in [0.15, 0.2) is 0 Å². The van der Waals surface area contributed by atoms with Crippen LogP contribution in [0, 0.1) is 19.8 Å². The minimum absolute atomic E-state index is 0.216. The first-order chi connectivity index (χ1) is 11.0. The summed E-state index contributed by atoms with van der Waals surface area (Å²) in [7, 11) is 0. The number of aliphatic hydroxyl groups excluding tert-OH is 1. The summed E-state index contributed by atoms with van der Waals surface area (Å²) in [4.78, 5) is 2.37. The molecule has 1 fully saturated rings. The lowest BCUT2D eigenvalue weighted by molar-refractivity contribution is 0.0996. The molecular formula is C19H32N2O2. The highest BCUT2D eigenvalue weighted by molar-refractivity contribution is 5.32. The van der Waals surface area contributed by atoms with Gasteiger partial charge in [-0.15, -0.1) is 0 Å². The minimum atomic E-state index is -0.216. The molecule has 0 spiro atoms. The van der Waals surface area contributed by atoms with Gasteiger partial charge in [-0.3, -0.25) is 0 Å². The molecule has 0 amide bonds. The van der Waals surface area contributed by atoms with Gasteiger partial charge in [0.05, 0.1) is 6.10 Å². The number of aryl methyl sites for hydroxylation is 2. The van der Waals surface area contributed by atoms with Gasteiger partial charge in [-0.05, 0) is 82.4 Å². The predicted octanol–water partition coefficient (Wildman–Crippen LogP) is 2.36. The maximum Gasteiger partial charge on any atom is 0.119 e. The number of hydrogen-bond donors (Lipinski definition) is 2. The summed E-state index contributed by atoms with van der Waals surface area (Å²) >= 11 is 0. The van der Waals surface area contributed by atoms with Gasteiger partial charge in [-0.2, -0.15) is 0 Å². The van der Waals surface area contributed by atoms with Crippen molar-refractivity contribution in [1.82, 2.24) is 10.2 Å². The lowest BCUT2D eigenvalue weighted by atomic mass is 9.96. The fourth-order valence-corrected chi connectivity index (χ4v) is 3.31. The van der Waals surface area contributed by atoms with Gasteiger partial charge in [0.2, 0.25) is 0 Å². The molecule has 1 saturated heterocycles. The third-order valence-electron chi connectivity index (χ3n) is 4.41. The molecule has 2 N–H and O–H groups in total. The number of benzene rings is 1. The van der Waals surface area contributed by atoms with Gasteiger partial charge in [0.25, 0.3) is 0 Å². The Balaban J connectivity index is 1.56. The molecule has 130 valence electrons. The Bertz CT molecular complexity index is 448. The number of ether oxygens (including phenoxy) is 1. The second-order valence-corrected chi connectivity index (χ2v) is 6.97. The van der Waals surface area contributed by atoms with Crippen molar-refractivity contribution < 1.29 is 9.84 Å². The number of β-amino-alcohol motifs (C(OH)–C–C–N with tert-alkyl or cyclic N) is 1. The van der Waals surface area contributed by atoms with Crippen LogP contribution in [0.15, 0.2) is 18.2 Å². The molecule has 1 heterocycles. The van der Waals surface area contributed by atoms with Crippen LogP contribution in [0.4, 0.5) is 0 Å². The van der Waals surface area contributed by atoms with Crippen molar-refractivity contribution in [2.24, 2.45) is 5.92 Å². The molecule has 1 aliphatic rings. The zero-order valence-corrected chi connectivity index (χ0v) is 14.8. The number of piperidine rings is 1. The normalized spacial score (nSPS) is 18.1. The van der Waals surface area contributed by atoms with E-state index in [2.05, 4.69) is 42.3 Å². The third-order valence-corrected chi connectivity index (χ3v) is 4.41. The van der Waals surface area contributed by atoms with Gasteiger partial charge in [-0.25, -0.2) is 0 Å². The van der Waals surface area contributed by atoms with Gasteiger partial charge in [0.1, 0.15) is 12.4 Å². The molecule has 1 aromatic carbocycles. The zero-order valence-electron chi connectivity index (χ0n) is 14.8. The zero-order chi connectivity index (χ0) is 16.7. The van der Waals surface area contributed by atoms with Crippen molar-refractivity contribution in [2.75, 3.05) is 39.3 Å². The number of nitrogens with zero attached hydrogens (tertiary/aromatic N) is 1. The van der Waals surface area contributed by atoms with Crippen molar-refractivity contribution in [3.05, 3.63) is 29.3 Å². The van der Waals surface area contributed by atoms with E-state index in [4.69, 9.17) is 4.74 Å². The summed E-state index contributed by atoms with van der Waals surface area (Å²) in [5.74, 6) is 1.72. The van der Waals surface area contributed by atoms with Crippen LogP contribution in [0.2, 0.25) is 0 Å². The molecule has 1 unspecified atom stereocenters. The molecule has 1 aromatic rings. The van der Waals surface area contributed by atoms with E-state index in [0.29, 0.717) is 6.61 Å². The van der Waals surface area contributed by atoms with Crippen LogP contribution in [0.5, 0.6) is 5.75 Å². The average molecular weight is 320 g/mol. The van der Waals surface area contributed by atoms with Crippen LogP contribution in [0.3, 0.4) is 0 Å². The van der Waals surface area contributed by atoms with E-state index in [9.17, 15) is 5.11 Å². The van der Waals surface area contributed by atoms with Crippen LogP contribution >= 0.6 is 0 Å². The molecule has 2 rings (SSSR count). The highest BCUT2D eigenvalue weighted by Gasteiger charge is 2.19. The number of hydrogen-bond acceptors (Lipinski definition) is 4. The molecule has 0 bridgehead atoms. The van der Waals surface area contributed by atoms with E-state index >= 15 is 0 Å². The van der Waals surface area contributed by atoms with Crippen molar-refractivity contribution in [1.29, 1.82) is 0 Å². The van der Waals surface area contributed by atoms with Gasteiger partial charge < -0.3 is 20.1 Å². The first-order valence-corrected chi connectivity index (χ1v) is 8.85. The third kappa shape index (κ3) is 6.90. The second-order valence-electron chi connectivity index (χ2n) is 6.97. The van der Waals surface area contributed by atoms with Crippen molar-refractivity contribution in [3.8, 4) is 5.75 Å². The van der Waals surface area contributed by atoms with Gasteiger partial charge >= 0.3 is 0 Å². The van der Waals surface area contributed by atoms with Crippen LogP contribution < -0.4 is 10.1 Å². The van der Waals surface area contributed by atoms with Crippen molar-refractivity contribution >= 4 is 0 Å². The average Bonchev–Trinajstić information content (AvgIpc) is 2.47. The van der Waals surface area contributed by atoms with E-state index in [1.807, 2.05) is 6.92 Å². The maximum atomic E-state index is 9.43. The molecule has 0 aliphatic carbocycles. The maximum absolute atomic E-state index is 9.43. The highest BCUT2D eigenvalue weighted by atomic mass is 16.5. The Morgan fingerprint density at radius 2 is 1.87 bits per heavy atom. The van der Waals surface area contributed by atoms with E-state index in [1.165, 1.54) is 24.0 Å². The first kappa shape index (κ1) is 18.2. The highest BCUT2D eigenvalue weighted by Crippen LogP contribution is 2.17. The molecule has 4 nitrogen and oxygen atoms in total. The predicted molar refractivity (Wildman–Crippen MR) is 95.1 cm³/mol. The Morgan fingerprint density at radius 1 is 1.22 bits per heavy atom. The molecule has 1 aliphatic heterocycles.